The monoisotopic (exact) mass is 268 g/mol. The van der Waals surface area contributed by atoms with Gasteiger partial charge in [-0.2, -0.15) is 0 Å². The Bertz CT molecular complexity index is 618. The first-order valence-electron chi connectivity index (χ1n) is 7.35. The molecule has 1 fully saturated rings. The molecule has 2 aromatic rings. The summed E-state index contributed by atoms with van der Waals surface area (Å²) in [6.45, 7) is 0. The van der Waals surface area contributed by atoms with E-state index in [1.807, 2.05) is 30.3 Å². The van der Waals surface area contributed by atoms with Gasteiger partial charge in [0, 0.05) is 30.0 Å². The van der Waals surface area contributed by atoms with Crippen molar-refractivity contribution in [2.45, 2.75) is 38.1 Å². The molecule has 1 aromatic heterocycles. The van der Waals surface area contributed by atoms with Crippen molar-refractivity contribution in [1.29, 1.82) is 0 Å². The van der Waals surface area contributed by atoms with Gasteiger partial charge in [-0.3, -0.25) is 9.78 Å². The van der Waals surface area contributed by atoms with Gasteiger partial charge in [0.15, 0.2) is 0 Å². The number of Topliss-reactive ketones (excluding diaryl/α,β-unsaturated/α-hetero) is 1. The minimum atomic E-state index is 0.144. The molecule has 0 amide bonds. The van der Waals surface area contributed by atoms with Crippen molar-refractivity contribution < 1.29 is 4.79 Å². The minimum absolute atomic E-state index is 0.144. The zero-order valence-electron chi connectivity index (χ0n) is 11.6. The van der Waals surface area contributed by atoms with Crippen molar-refractivity contribution in [2.75, 3.05) is 0 Å². The molecule has 1 aliphatic carbocycles. The van der Waals surface area contributed by atoms with E-state index in [1.54, 1.807) is 6.20 Å². The molecule has 1 aromatic carbocycles. The molecule has 0 saturated heterocycles. The number of carbonyl (C=O) groups excluding carboxylic acids is 1. The molecular formula is C17H20N2O. The van der Waals surface area contributed by atoms with Gasteiger partial charge < -0.3 is 5.73 Å². The van der Waals surface area contributed by atoms with Crippen molar-refractivity contribution in [3.8, 4) is 0 Å². The molecule has 0 aliphatic heterocycles. The van der Waals surface area contributed by atoms with E-state index in [4.69, 9.17) is 5.73 Å². The summed E-state index contributed by atoms with van der Waals surface area (Å²) in [4.78, 5) is 16.8. The van der Waals surface area contributed by atoms with Crippen LogP contribution in [0, 0.1) is 5.92 Å². The molecule has 2 atom stereocenters. The lowest BCUT2D eigenvalue weighted by atomic mass is 9.81. The van der Waals surface area contributed by atoms with E-state index in [1.165, 1.54) is 0 Å². The highest BCUT2D eigenvalue weighted by Crippen LogP contribution is 2.26. The molecule has 1 saturated carbocycles. The lowest BCUT2D eigenvalue weighted by molar-refractivity contribution is -0.123. The number of para-hydroxylation sites is 1. The van der Waals surface area contributed by atoms with E-state index >= 15 is 0 Å². The molecule has 3 nitrogen and oxygen atoms in total. The molecule has 1 heterocycles. The van der Waals surface area contributed by atoms with Gasteiger partial charge in [0.05, 0.1) is 5.52 Å². The lowest BCUT2D eigenvalue weighted by Crippen LogP contribution is -2.32. The summed E-state index contributed by atoms with van der Waals surface area (Å²) in [5.41, 5.74) is 8.02. The molecule has 1 aliphatic rings. The van der Waals surface area contributed by atoms with Crippen LogP contribution in [0.3, 0.4) is 0 Å². The Morgan fingerprint density at radius 3 is 2.95 bits per heavy atom. The van der Waals surface area contributed by atoms with E-state index in [9.17, 15) is 4.79 Å². The standard InChI is InChI=1S/C17H20N2O/c18-14-5-3-4-13(10-14)17(20)11-12-8-9-19-16-7-2-1-6-15(12)16/h1-2,6-9,13-14H,3-5,10-11,18H2. The first-order valence-corrected chi connectivity index (χ1v) is 7.35. The highest BCUT2D eigenvalue weighted by Gasteiger charge is 2.25. The van der Waals surface area contributed by atoms with Crippen LogP contribution in [0.2, 0.25) is 0 Å². The molecule has 3 heteroatoms. The van der Waals surface area contributed by atoms with E-state index in [0.717, 1.165) is 42.1 Å². The number of hydrogen-bond donors (Lipinski definition) is 1. The summed E-state index contributed by atoms with van der Waals surface area (Å²) in [6, 6.07) is 10.2. The molecule has 20 heavy (non-hydrogen) atoms. The van der Waals surface area contributed by atoms with Crippen molar-refractivity contribution in [3.63, 3.8) is 0 Å². The highest BCUT2D eigenvalue weighted by molar-refractivity contribution is 5.90. The second kappa shape index (κ2) is 5.71. The van der Waals surface area contributed by atoms with Gasteiger partial charge in [0.1, 0.15) is 5.78 Å². The number of benzene rings is 1. The number of nitrogens with zero attached hydrogens (tertiary/aromatic N) is 1. The second-order valence-electron chi connectivity index (χ2n) is 5.75. The third kappa shape index (κ3) is 2.73. The second-order valence-corrected chi connectivity index (χ2v) is 5.75. The van der Waals surface area contributed by atoms with Gasteiger partial charge in [-0.05, 0) is 37.0 Å². The van der Waals surface area contributed by atoms with Crippen LogP contribution in [0.4, 0.5) is 0 Å². The van der Waals surface area contributed by atoms with Gasteiger partial charge in [-0.1, -0.05) is 24.6 Å². The number of carbonyl (C=O) groups is 1. The molecule has 0 spiro atoms. The van der Waals surface area contributed by atoms with Crippen LogP contribution in [0.15, 0.2) is 36.5 Å². The molecular weight excluding hydrogens is 248 g/mol. The Morgan fingerprint density at radius 2 is 2.10 bits per heavy atom. The zero-order chi connectivity index (χ0) is 13.9. The van der Waals surface area contributed by atoms with Gasteiger partial charge in [0.25, 0.3) is 0 Å². The quantitative estimate of drug-likeness (QED) is 0.931. The molecule has 104 valence electrons. The van der Waals surface area contributed by atoms with Crippen molar-refractivity contribution in [3.05, 3.63) is 42.1 Å². The first-order chi connectivity index (χ1) is 9.74. The predicted octanol–water partition coefficient (Wildman–Crippen LogP) is 2.86. The fourth-order valence-electron chi connectivity index (χ4n) is 3.16. The topological polar surface area (TPSA) is 56.0 Å². The van der Waals surface area contributed by atoms with E-state index < -0.39 is 0 Å². The molecule has 0 bridgehead atoms. The van der Waals surface area contributed by atoms with Crippen LogP contribution in [-0.2, 0) is 11.2 Å². The Balaban J connectivity index is 1.80. The maximum absolute atomic E-state index is 12.5. The number of fused-ring (bicyclic) bond motifs is 1. The Hall–Kier alpha value is -1.74. The van der Waals surface area contributed by atoms with Gasteiger partial charge >= 0.3 is 0 Å². The number of nitrogens with two attached hydrogens (primary N) is 1. The van der Waals surface area contributed by atoms with E-state index in [0.29, 0.717) is 12.2 Å². The summed E-state index contributed by atoms with van der Waals surface area (Å²) in [5, 5.41) is 1.09. The van der Waals surface area contributed by atoms with Crippen molar-refractivity contribution in [2.24, 2.45) is 11.7 Å². The lowest BCUT2D eigenvalue weighted by Gasteiger charge is -2.25. The Morgan fingerprint density at radius 1 is 1.25 bits per heavy atom. The number of pyridine rings is 1. The van der Waals surface area contributed by atoms with Crippen LogP contribution >= 0.6 is 0 Å². The average Bonchev–Trinajstić information content (AvgIpc) is 2.47. The van der Waals surface area contributed by atoms with Crippen LogP contribution in [0.25, 0.3) is 10.9 Å². The van der Waals surface area contributed by atoms with Crippen LogP contribution < -0.4 is 5.73 Å². The first kappa shape index (κ1) is 13.3. The third-order valence-electron chi connectivity index (χ3n) is 4.27. The van der Waals surface area contributed by atoms with Crippen LogP contribution in [0.5, 0.6) is 0 Å². The summed E-state index contributed by atoms with van der Waals surface area (Å²) in [5.74, 6) is 0.474. The summed E-state index contributed by atoms with van der Waals surface area (Å²) >= 11 is 0. The third-order valence-corrected chi connectivity index (χ3v) is 4.27. The molecule has 3 rings (SSSR count). The van der Waals surface area contributed by atoms with Crippen molar-refractivity contribution in [1.82, 2.24) is 4.98 Å². The highest BCUT2D eigenvalue weighted by atomic mass is 16.1. The molecule has 0 radical (unpaired) electrons. The van der Waals surface area contributed by atoms with Gasteiger partial charge in [-0.25, -0.2) is 0 Å². The fourth-order valence-corrected chi connectivity index (χ4v) is 3.16. The van der Waals surface area contributed by atoms with Gasteiger partial charge in [-0.15, -0.1) is 0 Å². The van der Waals surface area contributed by atoms with Gasteiger partial charge in [0.2, 0.25) is 0 Å². The number of aromatic nitrogens is 1. The molecule has 2 unspecified atom stereocenters. The zero-order valence-corrected chi connectivity index (χ0v) is 11.6. The van der Waals surface area contributed by atoms with E-state index in [-0.39, 0.29) is 12.0 Å². The fraction of sp³-hybridized carbons (Fsp3) is 0.412. The molecule has 2 N–H and O–H groups in total. The average molecular weight is 268 g/mol. The number of hydrogen-bond acceptors (Lipinski definition) is 3. The summed E-state index contributed by atoms with van der Waals surface area (Å²) in [7, 11) is 0. The normalized spacial score (nSPS) is 22.9. The Kier molecular flexibility index (Phi) is 3.79. The predicted molar refractivity (Wildman–Crippen MR) is 80.4 cm³/mol. The maximum atomic E-state index is 12.5. The Labute approximate surface area is 119 Å². The maximum Gasteiger partial charge on any atom is 0.140 e. The summed E-state index contributed by atoms with van der Waals surface area (Å²) < 4.78 is 0. The van der Waals surface area contributed by atoms with Crippen molar-refractivity contribution >= 4 is 16.7 Å². The van der Waals surface area contributed by atoms with Crippen LogP contribution in [0.1, 0.15) is 31.2 Å². The number of rotatable bonds is 3. The SMILES string of the molecule is NC1CCCC(C(=O)Cc2ccnc3ccccc23)C1. The van der Waals surface area contributed by atoms with Crippen LogP contribution in [-0.4, -0.2) is 16.8 Å². The van der Waals surface area contributed by atoms with E-state index in [2.05, 4.69) is 4.98 Å². The summed E-state index contributed by atoms with van der Waals surface area (Å²) in [6.07, 6.45) is 6.27. The smallest absolute Gasteiger partial charge is 0.140 e. The largest absolute Gasteiger partial charge is 0.328 e. The number of ketones is 1. The minimum Gasteiger partial charge on any atom is -0.328 e.